The molecule has 200 valence electrons. The number of nitrogens with zero attached hydrogens (tertiary/aromatic N) is 3. The maximum Gasteiger partial charge on any atom is 0.273 e. The second kappa shape index (κ2) is 11.5. The zero-order chi connectivity index (χ0) is 28.2. The predicted octanol–water partition coefficient (Wildman–Crippen LogP) is 4.09. The Morgan fingerprint density at radius 3 is 2.33 bits per heavy atom. The van der Waals surface area contributed by atoms with E-state index < -0.39 is 35.1 Å². The van der Waals surface area contributed by atoms with Crippen molar-refractivity contribution in [1.82, 2.24) is 20.4 Å². The molecule has 4 aromatic rings. The molecule has 0 saturated heterocycles. The van der Waals surface area contributed by atoms with Crippen LogP contribution in [-0.2, 0) is 11.3 Å². The van der Waals surface area contributed by atoms with Gasteiger partial charge in [0.05, 0.1) is 30.8 Å². The van der Waals surface area contributed by atoms with E-state index in [2.05, 4.69) is 21.8 Å². The minimum Gasteiger partial charge on any atom is -0.394 e. The number of hydrogen-bond donors (Lipinski definition) is 3. The van der Waals surface area contributed by atoms with Gasteiger partial charge in [-0.1, -0.05) is 75.4 Å². The fourth-order valence-electron chi connectivity index (χ4n) is 4.38. The van der Waals surface area contributed by atoms with Crippen LogP contribution in [0.15, 0.2) is 72.8 Å². The smallest absolute Gasteiger partial charge is 0.273 e. The molecule has 0 aliphatic rings. The minimum atomic E-state index is -0.977. The normalized spacial score (nSPS) is 12.9. The second-order valence-corrected chi connectivity index (χ2v) is 10.4. The van der Waals surface area contributed by atoms with Crippen molar-refractivity contribution < 1.29 is 19.1 Å². The molecule has 0 unspecified atom stereocenters. The first kappa shape index (κ1) is 27.5. The first-order valence-electron chi connectivity index (χ1n) is 12.5. The van der Waals surface area contributed by atoms with Gasteiger partial charge in [0, 0.05) is 5.39 Å². The first-order chi connectivity index (χ1) is 18.6. The van der Waals surface area contributed by atoms with Crippen LogP contribution in [0.3, 0.4) is 0 Å². The second-order valence-electron chi connectivity index (χ2n) is 10.4. The van der Waals surface area contributed by atoms with E-state index in [0.717, 1.165) is 11.1 Å². The van der Waals surface area contributed by atoms with Gasteiger partial charge in [-0.3, -0.25) is 14.3 Å². The third kappa shape index (κ3) is 6.13. The number of aromatic nitrogens is 2. The first-order valence-corrected chi connectivity index (χ1v) is 12.5. The SMILES string of the molecule is CC(C)(C)[C@H](NC(=O)c1nn(Cc2ccc(C#N)cc2)c2c(F)cccc12)C(=O)N[C@@H](CO)c1ccccc1. The average molecular weight is 528 g/mol. The van der Waals surface area contributed by atoms with Crippen LogP contribution in [0.4, 0.5) is 4.39 Å². The molecule has 39 heavy (non-hydrogen) atoms. The molecule has 3 aromatic carbocycles. The van der Waals surface area contributed by atoms with E-state index in [1.165, 1.54) is 16.8 Å². The number of nitrogens with one attached hydrogen (secondary N) is 2. The summed E-state index contributed by atoms with van der Waals surface area (Å²) >= 11 is 0. The van der Waals surface area contributed by atoms with Crippen LogP contribution < -0.4 is 10.6 Å². The van der Waals surface area contributed by atoms with E-state index in [4.69, 9.17) is 5.26 Å². The summed E-state index contributed by atoms with van der Waals surface area (Å²) < 4.78 is 16.4. The molecule has 3 N–H and O–H groups in total. The van der Waals surface area contributed by atoms with Gasteiger partial charge in [0.2, 0.25) is 5.91 Å². The van der Waals surface area contributed by atoms with Gasteiger partial charge in [0.25, 0.3) is 5.91 Å². The number of benzene rings is 3. The fourth-order valence-corrected chi connectivity index (χ4v) is 4.38. The Morgan fingerprint density at radius 2 is 1.72 bits per heavy atom. The zero-order valence-electron chi connectivity index (χ0n) is 22.0. The van der Waals surface area contributed by atoms with E-state index >= 15 is 0 Å². The number of amides is 2. The number of para-hydroxylation sites is 1. The highest BCUT2D eigenvalue weighted by Gasteiger charge is 2.35. The highest BCUT2D eigenvalue weighted by molar-refractivity contribution is 6.06. The number of aliphatic hydroxyl groups is 1. The molecule has 4 rings (SSSR count). The summed E-state index contributed by atoms with van der Waals surface area (Å²) in [6, 6.07) is 20.7. The van der Waals surface area contributed by atoms with Gasteiger partial charge in [0.15, 0.2) is 5.69 Å². The van der Waals surface area contributed by atoms with Crippen LogP contribution in [0.1, 0.15) is 54.0 Å². The van der Waals surface area contributed by atoms with E-state index in [9.17, 15) is 19.1 Å². The van der Waals surface area contributed by atoms with Gasteiger partial charge in [-0.25, -0.2) is 4.39 Å². The molecule has 1 heterocycles. The maximum atomic E-state index is 14.9. The Balaban J connectivity index is 1.63. The van der Waals surface area contributed by atoms with Gasteiger partial charge < -0.3 is 15.7 Å². The van der Waals surface area contributed by atoms with Crippen molar-refractivity contribution in [3.8, 4) is 6.07 Å². The number of nitriles is 1. The molecule has 1 aromatic heterocycles. The molecule has 2 atom stereocenters. The summed E-state index contributed by atoms with van der Waals surface area (Å²) in [7, 11) is 0. The number of rotatable bonds is 8. The summed E-state index contributed by atoms with van der Waals surface area (Å²) in [5, 5.41) is 29.3. The van der Waals surface area contributed by atoms with Crippen LogP contribution in [0.5, 0.6) is 0 Å². The fraction of sp³-hybridized carbons (Fsp3) is 0.267. The topological polar surface area (TPSA) is 120 Å². The van der Waals surface area contributed by atoms with Gasteiger partial charge in [-0.05, 0) is 34.7 Å². The highest BCUT2D eigenvalue weighted by atomic mass is 19.1. The standard InChI is InChI=1S/C30H30FN5O3/c1-30(2,3)27(29(39)33-24(18-37)21-8-5-4-6-9-21)34-28(38)25-22-10-7-11-23(31)26(22)36(35-25)17-20-14-12-19(16-32)13-15-20/h4-15,24,27,37H,17-18H2,1-3H3,(H,33,39)(H,34,38)/t24-,27+/m0/s1. The summed E-state index contributed by atoms with van der Waals surface area (Å²) in [4.78, 5) is 26.9. The van der Waals surface area contributed by atoms with E-state index in [-0.39, 0.29) is 24.4 Å². The molecule has 0 saturated carbocycles. The molecule has 0 aliphatic heterocycles. The van der Waals surface area contributed by atoms with Crippen molar-refractivity contribution in [3.05, 3.63) is 101 Å². The highest BCUT2D eigenvalue weighted by Crippen LogP contribution is 2.25. The zero-order valence-corrected chi connectivity index (χ0v) is 22.0. The Kier molecular flexibility index (Phi) is 8.07. The number of hydrogen-bond acceptors (Lipinski definition) is 5. The van der Waals surface area contributed by atoms with Crippen LogP contribution in [-0.4, -0.2) is 39.4 Å². The molecule has 0 fully saturated rings. The van der Waals surface area contributed by atoms with Crippen molar-refractivity contribution in [2.24, 2.45) is 5.41 Å². The van der Waals surface area contributed by atoms with Crippen molar-refractivity contribution in [3.63, 3.8) is 0 Å². The molecule has 0 spiro atoms. The molecular formula is C30H30FN5O3. The molecular weight excluding hydrogens is 497 g/mol. The van der Waals surface area contributed by atoms with E-state index in [0.29, 0.717) is 10.9 Å². The number of carbonyl (C=O) groups excluding carboxylic acids is 2. The van der Waals surface area contributed by atoms with E-state index in [1.54, 1.807) is 42.5 Å². The van der Waals surface area contributed by atoms with Gasteiger partial charge in [-0.15, -0.1) is 0 Å². The predicted molar refractivity (Wildman–Crippen MR) is 145 cm³/mol. The van der Waals surface area contributed by atoms with Crippen molar-refractivity contribution in [2.45, 2.75) is 39.4 Å². The Bertz CT molecular complexity index is 1520. The van der Waals surface area contributed by atoms with Crippen molar-refractivity contribution in [2.75, 3.05) is 6.61 Å². The molecule has 0 aliphatic carbocycles. The van der Waals surface area contributed by atoms with Crippen LogP contribution in [0.25, 0.3) is 10.9 Å². The largest absolute Gasteiger partial charge is 0.394 e. The molecule has 0 bridgehead atoms. The van der Waals surface area contributed by atoms with Crippen LogP contribution in [0.2, 0.25) is 0 Å². The lowest BCUT2D eigenvalue weighted by molar-refractivity contribution is -0.126. The monoisotopic (exact) mass is 527 g/mol. The molecule has 8 nitrogen and oxygen atoms in total. The van der Waals surface area contributed by atoms with Crippen molar-refractivity contribution in [1.29, 1.82) is 5.26 Å². The van der Waals surface area contributed by atoms with E-state index in [1.807, 2.05) is 39.0 Å². The lowest BCUT2D eigenvalue weighted by Crippen LogP contribution is -2.54. The molecule has 0 radical (unpaired) electrons. The van der Waals surface area contributed by atoms with Gasteiger partial charge >= 0.3 is 0 Å². The summed E-state index contributed by atoms with van der Waals surface area (Å²) in [6.45, 7) is 5.30. The Labute approximate surface area is 226 Å². The summed E-state index contributed by atoms with van der Waals surface area (Å²) in [5.41, 5.74) is 1.46. The lowest BCUT2D eigenvalue weighted by Gasteiger charge is -2.31. The quantitative estimate of drug-likeness (QED) is 0.319. The lowest BCUT2D eigenvalue weighted by atomic mass is 9.85. The maximum absolute atomic E-state index is 14.9. The summed E-state index contributed by atoms with van der Waals surface area (Å²) in [5.74, 6) is -1.63. The summed E-state index contributed by atoms with van der Waals surface area (Å²) in [6.07, 6.45) is 0. The molecule has 9 heteroatoms. The average Bonchev–Trinajstić information content (AvgIpc) is 3.30. The third-order valence-corrected chi connectivity index (χ3v) is 6.46. The van der Waals surface area contributed by atoms with Crippen molar-refractivity contribution >= 4 is 22.7 Å². The number of fused-ring (bicyclic) bond motifs is 1. The Morgan fingerprint density at radius 1 is 1.03 bits per heavy atom. The number of carbonyl (C=O) groups is 2. The van der Waals surface area contributed by atoms with Crippen LogP contribution >= 0.6 is 0 Å². The number of halogens is 1. The van der Waals surface area contributed by atoms with Crippen LogP contribution in [0, 0.1) is 22.6 Å². The van der Waals surface area contributed by atoms with Gasteiger partial charge in [0.1, 0.15) is 17.4 Å². The number of aliphatic hydroxyl groups excluding tert-OH is 1. The molecule has 2 amide bonds. The van der Waals surface area contributed by atoms with Gasteiger partial charge in [-0.2, -0.15) is 10.4 Å². The third-order valence-electron chi connectivity index (χ3n) is 6.46. The minimum absolute atomic E-state index is 0.0121. The Hall–Kier alpha value is -4.55.